The minimum Gasteiger partial charge on any atom is -0.356 e. The number of hydrogen-bond acceptors (Lipinski definition) is 3. The van der Waals surface area contributed by atoms with Crippen LogP contribution >= 0.6 is 0 Å². The van der Waals surface area contributed by atoms with Gasteiger partial charge in [-0.25, -0.2) is 4.98 Å². The van der Waals surface area contributed by atoms with E-state index in [0.29, 0.717) is 18.5 Å². The first-order valence-electron chi connectivity index (χ1n) is 7.92. The molecule has 24 heavy (non-hydrogen) atoms. The van der Waals surface area contributed by atoms with Gasteiger partial charge in [-0.1, -0.05) is 24.3 Å². The second-order valence-corrected chi connectivity index (χ2v) is 5.62. The monoisotopic (exact) mass is 318 g/mol. The van der Waals surface area contributed by atoms with Crippen molar-refractivity contribution in [2.45, 2.75) is 19.4 Å². The van der Waals surface area contributed by atoms with Crippen LogP contribution < -0.4 is 5.32 Å². The molecule has 0 saturated heterocycles. The molecule has 0 aliphatic carbocycles. The summed E-state index contributed by atoms with van der Waals surface area (Å²) in [4.78, 5) is 16.3. The topological polar surface area (TPSA) is 70.7 Å². The normalized spacial score (nSPS) is 10.5. The van der Waals surface area contributed by atoms with Gasteiger partial charge in [0.25, 0.3) is 0 Å². The Bertz CT molecular complexity index is 874. The highest BCUT2D eigenvalue weighted by atomic mass is 16.1. The van der Waals surface area contributed by atoms with Gasteiger partial charge in [0, 0.05) is 13.1 Å². The fraction of sp³-hybridized carbons (Fsp3) is 0.211. The molecule has 120 valence electrons. The molecule has 0 aliphatic rings. The minimum absolute atomic E-state index is 0.00445. The number of nitrogens with one attached hydrogen (secondary N) is 1. The largest absolute Gasteiger partial charge is 0.356 e. The summed E-state index contributed by atoms with van der Waals surface area (Å²) in [7, 11) is 0. The lowest BCUT2D eigenvalue weighted by Crippen LogP contribution is -2.26. The third kappa shape index (κ3) is 3.79. The number of carbonyl (C=O) groups excluding carboxylic acids is 1. The van der Waals surface area contributed by atoms with Crippen LogP contribution in [0.25, 0.3) is 11.0 Å². The Morgan fingerprint density at radius 2 is 1.96 bits per heavy atom. The summed E-state index contributed by atoms with van der Waals surface area (Å²) in [5, 5.41) is 11.7. The van der Waals surface area contributed by atoms with Gasteiger partial charge < -0.3 is 9.88 Å². The number of rotatable bonds is 6. The van der Waals surface area contributed by atoms with Crippen LogP contribution in [0, 0.1) is 11.3 Å². The molecule has 5 nitrogen and oxygen atoms in total. The first kappa shape index (κ1) is 15.8. The molecule has 0 unspecified atom stereocenters. The zero-order valence-electron chi connectivity index (χ0n) is 13.3. The predicted octanol–water partition coefficient (Wildman–Crippen LogP) is 2.66. The quantitative estimate of drug-likeness (QED) is 0.710. The first-order chi connectivity index (χ1) is 11.8. The number of hydrogen-bond donors (Lipinski definition) is 1. The Labute approximate surface area is 140 Å². The number of imidazole rings is 1. The van der Waals surface area contributed by atoms with Crippen LogP contribution in [0.4, 0.5) is 0 Å². The number of aromatic nitrogens is 2. The lowest BCUT2D eigenvalue weighted by atomic mass is 10.1. The Morgan fingerprint density at radius 3 is 2.75 bits per heavy atom. The van der Waals surface area contributed by atoms with Crippen molar-refractivity contribution >= 4 is 16.9 Å². The van der Waals surface area contributed by atoms with Gasteiger partial charge in [0.05, 0.1) is 35.4 Å². The van der Waals surface area contributed by atoms with Crippen LogP contribution in [0.2, 0.25) is 0 Å². The van der Waals surface area contributed by atoms with E-state index in [2.05, 4.69) is 20.9 Å². The maximum absolute atomic E-state index is 11.9. The van der Waals surface area contributed by atoms with Gasteiger partial charge in [-0.05, 0) is 36.2 Å². The van der Waals surface area contributed by atoms with Crippen molar-refractivity contribution in [1.29, 1.82) is 5.26 Å². The second kappa shape index (κ2) is 7.42. The van der Waals surface area contributed by atoms with Crippen molar-refractivity contribution in [1.82, 2.24) is 14.9 Å². The van der Waals surface area contributed by atoms with Crippen LogP contribution in [0.3, 0.4) is 0 Å². The molecule has 0 spiro atoms. The van der Waals surface area contributed by atoms with Crippen LogP contribution in [0.15, 0.2) is 54.9 Å². The number of fused-ring (bicyclic) bond motifs is 1. The smallest absolute Gasteiger partial charge is 0.224 e. The molecular formula is C19H18N4O. The molecular weight excluding hydrogens is 300 g/mol. The van der Waals surface area contributed by atoms with Crippen LogP contribution in [-0.4, -0.2) is 22.0 Å². The summed E-state index contributed by atoms with van der Waals surface area (Å²) in [6.45, 7) is 1.44. The van der Waals surface area contributed by atoms with Crippen LogP contribution in [0.5, 0.6) is 0 Å². The van der Waals surface area contributed by atoms with Gasteiger partial charge in [-0.2, -0.15) is 5.26 Å². The number of para-hydroxylation sites is 2. The Balaban J connectivity index is 1.44. The molecule has 0 radical (unpaired) electrons. The second-order valence-electron chi connectivity index (χ2n) is 5.62. The number of carbonyl (C=O) groups is 1. The third-order valence-electron chi connectivity index (χ3n) is 3.87. The highest BCUT2D eigenvalue weighted by Crippen LogP contribution is 2.11. The number of nitriles is 1. The summed E-state index contributed by atoms with van der Waals surface area (Å²) in [5.41, 5.74) is 3.61. The lowest BCUT2D eigenvalue weighted by Gasteiger charge is -2.07. The molecule has 3 aromatic rings. The van der Waals surface area contributed by atoms with E-state index in [4.69, 9.17) is 5.26 Å². The molecule has 5 heteroatoms. The summed E-state index contributed by atoms with van der Waals surface area (Å²) < 4.78 is 2.10. The Hall–Kier alpha value is -3.13. The molecule has 1 N–H and O–H groups in total. The summed E-state index contributed by atoms with van der Waals surface area (Å²) >= 11 is 0. The van der Waals surface area contributed by atoms with Crippen LogP contribution in [-0.2, 0) is 17.8 Å². The maximum Gasteiger partial charge on any atom is 0.224 e. The molecule has 1 aromatic heterocycles. The molecule has 1 amide bonds. The average molecular weight is 318 g/mol. The molecule has 0 atom stereocenters. The van der Waals surface area contributed by atoms with Crippen molar-refractivity contribution in [3.05, 3.63) is 66.0 Å². The summed E-state index contributed by atoms with van der Waals surface area (Å²) in [6.07, 6.45) is 3.02. The summed E-state index contributed by atoms with van der Waals surface area (Å²) in [5.74, 6) is -0.00445. The lowest BCUT2D eigenvalue weighted by molar-refractivity contribution is -0.120. The number of benzene rings is 2. The standard InChI is InChI=1S/C19H18N4O/c20-13-16-8-6-15(7-9-16)12-19(24)21-10-3-11-23-14-22-17-4-1-2-5-18(17)23/h1-2,4-9,14H,3,10-12H2,(H,21,24). The molecule has 0 aliphatic heterocycles. The van der Waals surface area contributed by atoms with E-state index >= 15 is 0 Å². The molecule has 0 fully saturated rings. The van der Waals surface area contributed by atoms with Crippen molar-refractivity contribution < 1.29 is 4.79 Å². The number of amides is 1. The predicted molar refractivity (Wildman–Crippen MR) is 92.2 cm³/mol. The molecule has 1 heterocycles. The minimum atomic E-state index is -0.00445. The molecule has 2 aromatic carbocycles. The first-order valence-corrected chi connectivity index (χ1v) is 7.92. The zero-order valence-corrected chi connectivity index (χ0v) is 13.3. The highest BCUT2D eigenvalue weighted by Gasteiger charge is 2.04. The number of aryl methyl sites for hydroxylation is 1. The van der Waals surface area contributed by atoms with E-state index in [1.165, 1.54) is 0 Å². The SMILES string of the molecule is N#Cc1ccc(CC(=O)NCCCn2cnc3ccccc32)cc1. The third-order valence-corrected chi connectivity index (χ3v) is 3.87. The van der Waals surface area contributed by atoms with E-state index in [1.54, 1.807) is 12.1 Å². The average Bonchev–Trinajstić information content (AvgIpc) is 3.03. The van der Waals surface area contributed by atoms with Gasteiger partial charge in [0.2, 0.25) is 5.91 Å². The zero-order chi connectivity index (χ0) is 16.8. The molecule has 3 rings (SSSR count). The summed E-state index contributed by atoms with van der Waals surface area (Å²) in [6, 6.07) is 17.2. The Kier molecular flexibility index (Phi) is 4.87. The maximum atomic E-state index is 11.9. The highest BCUT2D eigenvalue weighted by molar-refractivity contribution is 5.78. The van der Waals surface area contributed by atoms with Gasteiger partial charge >= 0.3 is 0 Å². The Morgan fingerprint density at radius 1 is 1.17 bits per heavy atom. The molecule has 0 bridgehead atoms. The molecule has 0 saturated carbocycles. The van der Waals surface area contributed by atoms with E-state index < -0.39 is 0 Å². The van der Waals surface area contributed by atoms with Gasteiger partial charge in [-0.3, -0.25) is 4.79 Å². The van der Waals surface area contributed by atoms with Gasteiger partial charge in [0.1, 0.15) is 0 Å². The van der Waals surface area contributed by atoms with Crippen molar-refractivity contribution in [3.63, 3.8) is 0 Å². The van der Waals surface area contributed by atoms with E-state index in [-0.39, 0.29) is 5.91 Å². The number of nitrogens with zero attached hydrogens (tertiary/aromatic N) is 3. The fourth-order valence-corrected chi connectivity index (χ4v) is 2.61. The van der Waals surface area contributed by atoms with Crippen molar-refractivity contribution in [2.24, 2.45) is 0 Å². The van der Waals surface area contributed by atoms with Gasteiger partial charge in [0.15, 0.2) is 0 Å². The van der Waals surface area contributed by atoms with Crippen molar-refractivity contribution in [2.75, 3.05) is 6.54 Å². The van der Waals surface area contributed by atoms with E-state index in [1.807, 2.05) is 42.7 Å². The van der Waals surface area contributed by atoms with Crippen LogP contribution in [0.1, 0.15) is 17.5 Å². The van der Waals surface area contributed by atoms with E-state index in [9.17, 15) is 4.79 Å². The van der Waals surface area contributed by atoms with E-state index in [0.717, 1.165) is 29.6 Å². The van der Waals surface area contributed by atoms with Crippen molar-refractivity contribution in [3.8, 4) is 6.07 Å². The van der Waals surface area contributed by atoms with Gasteiger partial charge in [-0.15, -0.1) is 0 Å². The fourth-order valence-electron chi connectivity index (χ4n) is 2.61.